The van der Waals surface area contributed by atoms with Crippen molar-refractivity contribution < 1.29 is 18.7 Å². The summed E-state index contributed by atoms with van der Waals surface area (Å²) in [4.78, 5) is 24.0. The normalized spacial score (nSPS) is 12.9. The number of esters is 1. The number of halogens is 1. The predicted octanol–water partition coefficient (Wildman–Crippen LogP) is 3.29. The van der Waals surface area contributed by atoms with Gasteiger partial charge in [0.2, 0.25) is 0 Å². The molecule has 0 aliphatic carbocycles. The number of aryl methyl sites for hydroxylation is 1. The highest BCUT2D eigenvalue weighted by atomic mass is 19.1. The summed E-state index contributed by atoms with van der Waals surface area (Å²) in [6, 6.07) is 3.95. The molecular formula is C15H19FO3. The van der Waals surface area contributed by atoms with Gasteiger partial charge in [-0.2, -0.15) is 0 Å². The van der Waals surface area contributed by atoms with Gasteiger partial charge in [0.25, 0.3) is 0 Å². The molecule has 1 aromatic rings. The van der Waals surface area contributed by atoms with Gasteiger partial charge in [-0.25, -0.2) is 4.39 Å². The van der Waals surface area contributed by atoms with Crippen LogP contribution >= 0.6 is 0 Å². The van der Waals surface area contributed by atoms with E-state index in [0.29, 0.717) is 5.56 Å². The lowest BCUT2D eigenvalue weighted by molar-refractivity contribution is -0.157. The number of Topliss-reactive ketones (excluding diaryl/α,β-unsaturated/α-hetero) is 1. The van der Waals surface area contributed by atoms with Crippen molar-refractivity contribution in [1.29, 1.82) is 0 Å². The quantitative estimate of drug-likeness (QED) is 0.479. The van der Waals surface area contributed by atoms with Crippen LogP contribution in [0.3, 0.4) is 0 Å². The third-order valence-electron chi connectivity index (χ3n) is 2.62. The molecule has 0 heterocycles. The molecule has 0 spiro atoms. The van der Waals surface area contributed by atoms with Crippen LogP contribution in [0.25, 0.3) is 0 Å². The monoisotopic (exact) mass is 266 g/mol. The van der Waals surface area contributed by atoms with Crippen molar-refractivity contribution in [2.45, 2.75) is 40.2 Å². The summed E-state index contributed by atoms with van der Waals surface area (Å²) in [6.07, 6.45) is 0. The zero-order valence-electron chi connectivity index (χ0n) is 11.9. The predicted molar refractivity (Wildman–Crippen MR) is 70.5 cm³/mol. The molecule has 0 saturated carbocycles. The zero-order valence-corrected chi connectivity index (χ0v) is 11.9. The van der Waals surface area contributed by atoms with Crippen LogP contribution in [0, 0.1) is 18.7 Å². The van der Waals surface area contributed by atoms with Crippen molar-refractivity contribution in [3.05, 3.63) is 35.1 Å². The molecule has 19 heavy (non-hydrogen) atoms. The topological polar surface area (TPSA) is 43.4 Å². The largest absolute Gasteiger partial charge is 0.459 e. The summed E-state index contributed by atoms with van der Waals surface area (Å²) in [6.45, 7) is 8.37. The van der Waals surface area contributed by atoms with Gasteiger partial charge in [0.15, 0.2) is 5.78 Å². The van der Waals surface area contributed by atoms with Crippen LogP contribution in [0.2, 0.25) is 0 Å². The Morgan fingerprint density at radius 3 is 2.37 bits per heavy atom. The summed E-state index contributed by atoms with van der Waals surface area (Å²) in [7, 11) is 0. The number of hydrogen-bond acceptors (Lipinski definition) is 3. The van der Waals surface area contributed by atoms with E-state index in [-0.39, 0.29) is 5.56 Å². The average molecular weight is 266 g/mol. The first-order valence-corrected chi connectivity index (χ1v) is 6.15. The Kier molecular flexibility index (Phi) is 4.45. The minimum absolute atomic E-state index is 0.221. The number of carbonyl (C=O) groups excluding carboxylic acids is 2. The molecule has 0 fully saturated rings. The van der Waals surface area contributed by atoms with Crippen LogP contribution in [0.4, 0.5) is 4.39 Å². The molecule has 0 radical (unpaired) electrons. The number of benzene rings is 1. The number of ether oxygens (including phenoxy) is 1. The third-order valence-corrected chi connectivity index (χ3v) is 2.62. The molecule has 0 N–H and O–H groups in total. The Morgan fingerprint density at radius 2 is 1.84 bits per heavy atom. The summed E-state index contributed by atoms with van der Waals surface area (Å²) in [5, 5.41) is 0. The summed E-state index contributed by atoms with van der Waals surface area (Å²) in [5.41, 5.74) is 0.211. The van der Waals surface area contributed by atoms with Crippen LogP contribution in [0.15, 0.2) is 18.2 Å². The SMILES string of the molecule is Cc1ccc(F)cc1C(=O)C(C)C(=O)OC(C)(C)C. The van der Waals surface area contributed by atoms with E-state index in [9.17, 15) is 14.0 Å². The summed E-state index contributed by atoms with van der Waals surface area (Å²) >= 11 is 0. The van der Waals surface area contributed by atoms with Gasteiger partial charge in [-0.1, -0.05) is 6.07 Å². The highest BCUT2D eigenvalue weighted by Gasteiger charge is 2.28. The van der Waals surface area contributed by atoms with Crippen LogP contribution in [0.1, 0.15) is 43.6 Å². The molecule has 0 aliphatic heterocycles. The molecule has 1 atom stereocenters. The lowest BCUT2D eigenvalue weighted by Gasteiger charge is -2.22. The fourth-order valence-electron chi connectivity index (χ4n) is 1.59. The molecule has 0 aliphatic rings. The van der Waals surface area contributed by atoms with Crippen LogP contribution < -0.4 is 0 Å². The first-order valence-electron chi connectivity index (χ1n) is 6.15. The van der Waals surface area contributed by atoms with Gasteiger partial charge in [-0.05, 0) is 52.3 Å². The minimum atomic E-state index is -0.945. The van der Waals surface area contributed by atoms with Crippen LogP contribution in [-0.2, 0) is 9.53 Å². The highest BCUT2D eigenvalue weighted by Crippen LogP contribution is 2.18. The first kappa shape index (κ1) is 15.3. The molecule has 0 saturated heterocycles. The molecule has 3 nitrogen and oxygen atoms in total. The van der Waals surface area contributed by atoms with E-state index >= 15 is 0 Å². The molecule has 0 bridgehead atoms. The van der Waals surface area contributed by atoms with Crippen molar-refractivity contribution in [3.8, 4) is 0 Å². The maximum atomic E-state index is 13.2. The Balaban J connectivity index is 2.94. The highest BCUT2D eigenvalue weighted by molar-refractivity contribution is 6.09. The molecule has 1 rings (SSSR count). The summed E-state index contributed by atoms with van der Waals surface area (Å²) < 4.78 is 18.3. The van der Waals surface area contributed by atoms with Gasteiger partial charge in [-0.15, -0.1) is 0 Å². The van der Waals surface area contributed by atoms with Gasteiger partial charge in [-0.3, -0.25) is 9.59 Å². The smallest absolute Gasteiger partial charge is 0.317 e. The first-order chi connectivity index (χ1) is 8.61. The van der Waals surface area contributed by atoms with Gasteiger partial charge >= 0.3 is 5.97 Å². The van der Waals surface area contributed by atoms with Gasteiger partial charge in [0.1, 0.15) is 17.3 Å². The second-order valence-electron chi connectivity index (χ2n) is 5.58. The van der Waals surface area contributed by atoms with Crippen molar-refractivity contribution in [2.24, 2.45) is 5.92 Å². The second-order valence-corrected chi connectivity index (χ2v) is 5.58. The van der Waals surface area contributed by atoms with E-state index in [1.807, 2.05) is 0 Å². The fraction of sp³-hybridized carbons (Fsp3) is 0.467. The molecule has 104 valence electrons. The number of hydrogen-bond donors (Lipinski definition) is 0. The Bertz CT molecular complexity index is 501. The van der Waals surface area contributed by atoms with E-state index in [1.165, 1.54) is 19.1 Å². The van der Waals surface area contributed by atoms with E-state index < -0.39 is 29.1 Å². The van der Waals surface area contributed by atoms with Crippen LogP contribution in [-0.4, -0.2) is 17.4 Å². The van der Waals surface area contributed by atoms with E-state index in [2.05, 4.69) is 0 Å². The van der Waals surface area contributed by atoms with Crippen LogP contribution in [0.5, 0.6) is 0 Å². The lowest BCUT2D eigenvalue weighted by Crippen LogP contribution is -2.31. The average Bonchev–Trinajstić information content (AvgIpc) is 2.28. The Labute approximate surface area is 112 Å². The maximum absolute atomic E-state index is 13.2. The molecule has 1 aromatic carbocycles. The van der Waals surface area contributed by atoms with E-state index in [0.717, 1.165) is 6.07 Å². The number of ketones is 1. The molecule has 4 heteroatoms. The maximum Gasteiger partial charge on any atom is 0.317 e. The number of rotatable bonds is 3. The van der Waals surface area contributed by atoms with Crippen molar-refractivity contribution >= 4 is 11.8 Å². The zero-order chi connectivity index (χ0) is 14.8. The number of carbonyl (C=O) groups is 2. The van der Waals surface area contributed by atoms with E-state index in [1.54, 1.807) is 27.7 Å². The second kappa shape index (κ2) is 5.51. The molecule has 0 amide bonds. The van der Waals surface area contributed by atoms with Crippen molar-refractivity contribution in [3.63, 3.8) is 0 Å². The van der Waals surface area contributed by atoms with Crippen molar-refractivity contribution in [2.75, 3.05) is 0 Å². The third kappa shape index (κ3) is 4.16. The van der Waals surface area contributed by atoms with Crippen molar-refractivity contribution in [1.82, 2.24) is 0 Å². The minimum Gasteiger partial charge on any atom is -0.459 e. The molecule has 0 aromatic heterocycles. The lowest BCUT2D eigenvalue weighted by atomic mass is 9.95. The standard InChI is InChI=1S/C15H19FO3/c1-9-6-7-11(16)8-12(9)13(17)10(2)14(18)19-15(3,4)5/h6-8,10H,1-5H3. The summed E-state index contributed by atoms with van der Waals surface area (Å²) in [5.74, 6) is -2.46. The van der Waals surface area contributed by atoms with Gasteiger partial charge < -0.3 is 4.74 Å². The van der Waals surface area contributed by atoms with Gasteiger partial charge in [0.05, 0.1) is 0 Å². The molecule has 1 unspecified atom stereocenters. The Morgan fingerprint density at radius 1 is 1.26 bits per heavy atom. The van der Waals surface area contributed by atoms with E-state index in [4.69, 9.17) is 4.74 Å². The van der Waals surface area contributed by atoms with Gasteiger partial charge in [0, 0.05) is 5.56 Å². The molecular weight excluding hydrogens is 247 g/mol. The fourth-order valence-corrected chi connectivity index (χ4v) is 1.59. The Hall–Kier alpha value is -1.71.